The maximum atomic E-state index is 4.65. The van der Waals surface area contributed by atoms with Crippen molar-refractivity contribution in [3.63, 3.8) is 0 Å². The lowest BCUT2D eigenvalue weighted by Crippen LogP contribution is -2.18. The lowest BCUT2D eigenvalue weighted by Gasteiger charge is -2.11. The van der Waals surface area contributed by atoms with E-state index in [1.807, 2.05) is 24.3 Å². The van der Waals surface area contributed by atoms with Gasteiger partial charge in [-0.25, -0.2) is 4.98 Å². The Morgan fingerprint density at radius 2 is 1.46 bits per heavy atom. The van der Waals surface area contributed by atoms with E-state index in [9.17, 15) is 0 Å². The SMILES string of the molecule is c1ccc(-c2ccccc2CNCCCNc2ccc3ccccc3n2)cc1. The third kappa shape index (κ3) is 4.56. The second-order valence-corrected chi connectivity index (χ2v) is 6.87. The highest BCUT2D eigenvalue weighted by molar-refractivity contribution is 5.80. The molecule has 3 aromatic carbocycles. The lowest BCUT2D eigenvalue weighted by atomic mass is 10.00. The van der Waals surface area contributed by atoms with Gasteiger partial charge in [-0.15, -0.1) is 0 Å². The first-order chi connectivity index (χ1) is 13.9. The Labute approximate surface area is 166 Å². The zero-order chi connectivity index (χ0) is 19.0. The molecule has 3 nitrogen and oxygen atoms in total. The Hall–Kier alpha value is -3.17. The van der Waals surface area contributed by atoms with Crippen LogP contribution in [0.2, 0.25) is 0 Å². The largest absolute Gasteiger partial charge is 0.370 e. The molecule has 0 amide bonds. The molecule has 4 rings (SSSR count). The van der Waals surface area contributed by atoms with Gasteiger partial charge >= 0.3 is 0 Å². The number of para-hydroxylation sites is 1. The summed E-state index contributed by atoms with van der Waals surface area (Å²) >= 11 is 0. The van der Waals surface area contributed by atoms with Crippen LogP contribution in [0.5, 0.6) is 0 Å². The third-order valence-corrected chi connectivity index (χ3v) is 4.85. The zero-order valence-electron chi connectivity index (χ0n) is 15.9. The molecule has 0 radical (unpaired) electrons. The number of fused-ring (bicyclic) bond motifs is 1. The van der Waals surface area contributed by atoms with Gasteiger partial charge in [0, 0.05) is 18.5 Å². The van der Waals surface area contributed by atoms with E-state index in [-0.39, 0.29) is 0 Å². The molecule has 0 aliphatic carbocycles. The molecule has 0 aliphatic rings. The van der Waals surface area contributed by atoms with Crippen molar-refractivity contribution < 1.29 is 0 Å². The van der Waals surface area contributed by atoms with E-state index in [0.717, 1.165) is 37.4 Å². The Morgan fingerprint density at radius 1 is 0.679 bits per heavy atom. The average molecular weight is 367 g/mol. The van der Waals surface area contributed by atoms with Gasteiger partial charge in [0.05, 0.1) is 5.52 Å². The molecule has 140 valence electrons. The first-order valence-corrected chi connectivity index (χ1v) is 9.84. The van der Waals surface area contributed by atoms with Gasteiger partial charge in [0.2, 0.25) is 0 Å². The molecule has 0 aliphatic heterocycles. The summed E-state index contributed by atoms with van der Waals surface area (Å²) in [5, 5.41) is 8.16. The Kier molecular flexibility index (Phi) is 5.95. The summed E-state index contributed by atoms with van der Waals surface area (Å²) in [5.74, 6) is 0.938. The van der Waals surface area contributed by atoms with Gasteiger partial charge in [0.25, 0.3) is 0 Å². The summed E-state index contributed by atoms with van der Waals surface area (Å²) in [4.78, 5) is 4.65. The van der Waals surface area contributed by atoms with E-state index in [4.69, 9.17) is 0 Å². The minimum absolute atomic E-state index is 0.874. The molecule has 0 saturated heterocycles. The Bertz CT molecular complexity index is 1030. The van der Waals surface area contributed by atoms with E-state index in [0.29, 0.717) is 0 Å². The molecule has 0 bridgehead atoms. The molecule has 4 aromatic rings. The predicted molar refractivity (Wildman–Crippen MR) is 118 cm³/mol. The van der Waals surface area contributed by atoms with Gasteiger partial charge in [0.15, 0.2) is 0 Å². The average Bonchev–Trinajstić information content (AvgIpc) is 2.77. The van der Waals surface area contributed by atoms with Crippen LogP contribution < -0.4 is 10.6 Å². The van der Waals surface area contributed by atoms with E-state index in [1.54, 1.807) is 0 Å². The molecule has 1 aromatic heterocycles. The van der Waals surface area contributed by atoms with Crippen LogP contribution in [-0.4, -0.2) is 18.1 Å². The summed E-state index contributed by atoms with van der Waals surface area (Å²) in [6, 6.07) is 31.5. The fraction of sp³-hybridized carbons (Fsp3) is 0.160. The molecule has 0 fully saturated rings. The van der Waals surface area contributed by atoms with Gasteiger partial charge < -0.3 is 10.6 Å². The zero-order valence-corrected chi connectivity index (χ0v) is 15.9. The summed E-state index contributed by atoms with van der Waals surface area (Å²) < 4.78 is 0. The number of anilines is 1. The molecule has 0 atom stereocenters. The van der Waals surface area contributed by atoms with Crippen molar-refractivity contribution in [2.24, 2.45) is 0 Å². The quantitative estimate of drug-likeness (QED) is 0.404. The van der Waals surface area contributed by atoms with Crippen molar-refractivity contribution in [2.75, 3.05) is 18.4 Å². The number of nitrogens with one attached hydrogen (secondary N) is 2. The van der Waals surface area contributed by atoms with Gasteiger partial charge in [-0.05, 0) is 47.9 Å². The predicted octanol–water partition coefficient (Wildman–Crippen LogP) is 5.49. The summed E-state index contributed by atoms with van der Waals surface area (Å²) in [5.41, 5.74) is 4.93. The maximum Gasteiger partial charge on any atom is 0.126 e. The van der Waals surface area contributed by atoms with Crippen molar-refractivity contribution in [2.45, 2.75) is 13.0 Å². The second kappa shape index (κ2) is 9.16. The van der Waals surface area contributed by atoms with Crippen LogP contribution in [0.3, 0.4) is 0 Å². The van der Waals surface area contributed by atoms with Gasteiger partial charge in [-0.3, -0.25) is 0 Å². The highest BCUT2D eigenvalue weighted by Gasteiger charge is 2.03. The van der Waals surface area contributed by atoms with Crippen molar-refractivity contribution >= 4 is 16.7 Å². The molecular formula is C25H25N3. The summed E-state index contributed by atoms with van der Waals surface area (Å²) in [7, 11) is 0. The van der Waals surface area contributed by atoms with Crippen molar-refractivity contribution in [3.8, 4) is 11.1 Å². The molecule has 3 heteroatoms. The van der Waals surface area contributed by atoms with E-state index in [2.05, 4.69) is 82.3 Å². The second-order valence-electron chi connectivity index (χ2n) is 6.87. The van der Waals surface area contributed by atoms with Crippen molar-refractivity contribution in [3.05, 3.63) is 96.6 Å². The number of hydrogen-bond donors (Lipinski definition) is 2. The first-order valence-electron chi connectivity index (χ1n) is 9.84. The molecule has 2 N–H and O–H groups in total. The third-order valence-electron chi connectivity index (χ3n) is 4.85. The first kappa shape index (κ1) is 18.2. The molecule has 28 heavy (non-hydrogen) atoms. The van der Waals surface area contributed by atoms with Crippen LogP contribution in [0, 0.1) is 0 Å². The fourth-order valence-corrected chi connectivity index (χ4v) is 3.39. The summed E-state index contributed by atoms with van der Waals surface area (Å²) in [6.07, 6.45) is 1.04. The Morgan fingerprint density at radius 3 is 2.39 bits per heavy atom. The molecule has 1 heterocycles. The smallest absolute Gasteiger partial charge is 0.126 e. The molecule has 0 unspecified atom stereocenters. The fourth-order valence-electron chi connectivity index (χ4n) is 3.39. The van der Waals surface area contributed by atoms with Crippen LogP contribution in [0.25, 0.3) is 22.0 Å². The molecular weight excluding hydrogens is 342 g/mol. The van der Waals surface area contributed by atoms with Crippen LogP contribution in [0.15, 0.2) is 91.0 Å². The summed E-state index contributed by atoms with van der Waals surface area (Å²) in [6.45, 7) is 2.74. The number of pyridine rings is 1. The highest BCUT2D eigenvalue weighted by atomic mass is 15.0. The van der Waals surface area contributed by atoms with E-state index < -0.39 is 0 Å². The van der Waals surface area contributed by atoms with Crippen molar-refractivity contribution in [1.29, 1.82) is 0 Å². The molecule has 0 saturated carbocycles. The standard InChI is InChI=1S/C25H25N3/c1-2-9-20(10-3-1)23-13-6-4-12-22(23)19-26-17-8-18-27-25-16-15-21-11-5-7-14-24(21)28-25/h1-7,9-16,26H,8,17-19H2,(H,27,28). The topological polar surface area (TPSA) is 37.0 Å². The lowest BCUT2D eigenvalue weighted by molar-refractivity contribution is 0.663. The van der Waals surface area contributed by atoms with Crippen LogP contribution in [-0.2, 0) is 6.54 Å². The van der Waals surface area contributed by atoms with Crippen LogP contribution >= 0.6 is 0 Å². The minimum Gasteiger partial charge on any atom is -0.370 e. The van der Waals surface area contributed by atoms with Crippen LogP contribution in [0.4, 0.5) is 5.82 Å². The number of aromatic nitrogens is 1. The van der Waals surface area contributed by atoms with Crippen molar-refractivity contribution in [1.82, 2.24) is 10.3 Å². The van der Waals surface area contributed by atoms with Crippen LogP contribution in [0.1, 0.15) is 12.0 Å². The number of rotatable bonds is 8. The van der Waals surface area contributed by atoms with Gasteiger partial charge in [0.1, 0.15) is 5.82 Å². The number of nitrogens with zero attached hydrogens (tertiary/aromatic N) is 1. The minimum atomic E-state index is 0.874. The normalized spacial score (nSPS) is 10.9. The monoisotopic (exact) mass is 367 g/mol. The van der Waals surface area contributed by atoms with E-state index >= 15 is 0 Å². The van der Waals surface area contributed by atoms with Gasteiger partial charge in [-0.1, -0.05) is 72.8 Å². The van der Waals surface area contributed by atoms with Gasteiger partial charge in [-0.2, -0.15) is 0 Å². The highest BCUT2D eigenvalue weighted by Crippen LogP contribution is 2.23. The molecule has 0 spiro atoms. The van der Waals surface area contributed by atoms with E-state index in [1.165, 1.54) is 22.1 Å². The maximum absolute atomic E-state index is 4.65. The Balaban J connectivity index is 1.25. The number of hydrogen-bond acceptors (Lipinski definition) is 3. The number of benzene rings is 3.